The van der Waals surface area contributed by atoms with Crippen molar-refractivity contribution < 1.29 is 23.4 Å². The van der Waals surface area contributed by atoms with Crippen LogP contribution < -0.4 is 15.4 Å². The van der Waals surface area contributed by atoms with E-state index < -0.39 is 23.4 Å². The lowest BCUT2D eigenvalue weighted by Crippen LogP contribution is -2.41. The lowest BCUT2D eigenvalue weighted by Gasteiger charge is -2.19. The summed E-state index contributed by atoms with van der Waals surface area (Å²) in [5.41, 5.74) is 0.00171. The second kappa shape index (κ2) is 6.71. The number of hydrogen-bond acceptors (Lipinski definition) is 3. The van der Waals surface area contributed by atoms with Crippen LogP contribution in [0, 0.1) is 17.6 Å². The molecule has 0 aromatic heterocycles. The molecule has 3 N–H and O–H groups in total. The number of aliphatic hydroxyl groups is 1. The Kier molecular flexibility index (Phi) is 4.95. The molecule has 1 fully saturated rings. The summed E-state index contributed by atoms with van der Waals surface area (Å²) in [6, 6.07) is 1.30. The number of amides is 2. The number of benzene rings is 1. The van der Waals surface area contributed by atoms with E-state index in [4.69, 9.17) is 0 Å². The van der Waals surface area contributed by atoms with Crippen molar-refractivity contribution in [2.24, 2.45) is 5.92 Å². The van der Waals surface area contributed by atoms with Crippen molar-refractivity contribution in [1.29, 1.82) is 0 Å². The molecule has 0 heterocycles. The molecule has 0 saturated heterocycles. The average molecular weight is 300 g/mol. The summed E-state index contributed by atoms with van der Waals surface area (Å²) in [5, 5.41) is 14.3. The molecule has 2 atom stereocenters. The molecule has 1 aliphatic carbocycles. The minimum atomic E-state index is -0.887. The number of carbonyl (C=O) groups excluding carboxylic acids is 1. The molecule has 1 aromatic rings. The van der Waals surface area contributed by atoms with E-state index in [2.05, 4.69) is 15.4 Å². The molecule has 0 aliphatic heterocycles. The number of ether oxygens (including phenoxy) is 1. The number of aliphatic hydroxyl groups excluding tert-OH is 1. The fourth-order valence-electron chi connectivity index (χ4n) is 2.61. The highest BCUT2D eigenvalue weighted by atomic mass is 19.1. The molecule has 0 radical (unpaired) electrons. The predicted molar refractivity (Wildman–Crippen MR) is 73.3 cm³/mol. The molecule has 21 heavy (non-hydrogen) atoms. The van der Waals surface area contributed by atoms with E-state index in [-0.39, 0.29) is 24.3 Å². The van der Waals surface area contributed by atoms with Crippen molar-refractivity contribution in [2.75, 3.05) is 19.0 Å². The Morgan fingerprint density at radius 1 is 1.38 bits per heavy atom. The fraction of sp³-hybridized carbons (Fsp3) is 0.500. The lowest BCUT2D eigenvalue weighted by molar-refractivity contribution is 0.203. The van der Waals surface area contributed by atoms with Gasteiger partial charge < -0.3 is 20.5 Å². The van der Waals surface area contributed by atoms with E-state index in [0.29, 0.717) is 0 Å². The third-order valence-electron chi connectivity index (χ3n) is 3.67. The first kappa shape index (κ1) is 15.5. The smallest absolute Gasteiger partial charge is 0.319 e. The van der Waals surface area contributed by atoms with E-state index in [1.165, 1.54) is 0 Å². The quantitative estimate of drug-likeness (QED) is 0.799. The molecule has 1 aromatic carbocycles. The molecule has 0 spiro atoms. The maximum absolute atomic E-state index is 13.5. The van der Waals surface area contributed by atoms with Crippen molar-refractivity contribution in [2.45, 2.75) is 25.3 Å². The second-order valence-corrected chi connectivity index (χ2v) is 5.05. The Labute approximate surface area is 121 Å². The van der Waals surface area contributed by atoms with Crippen molar-refractivity contribution in [3.63, 3.8) is 0 Å². The zero-order chi connectivity index (χ0) is 15.4. The van der Waals surface area contributed by atoms with Crippen LogP contribution in [0.2, 0.25) is 0 Å². The van der Waals surface area contributed by atoms with E-state index in [1.54, 1.807) is 0 Å². The van der Waals surface area contributed by atoms with Gasteiger partial charge in [0.1, 0.15) is 0 Å². The minimum Gasteiger partial charge on any atom is -0.491 e. The van der Waals surface area contributed by atoms with Gasteiger partial charge in [-0.15, -0.1) is 0 Å². The number of rotatable bonds is 4. The summed E-state index contributed by atoms with van der Waals surface area (Å²) in [5.74, 6) is -2.24. The highest BCUT2D eigenvalue weighted by molar-refractivity contribution is 5.89. The van der Waals surface area contributed by atoms with Gasteiger partial charge in [-0.3, -0.25) is 0 Å². The number of nitrogens with one attached hydrogen (secondary N) is 2. The third kappa shape index (κ3) is 3.60. The normalized spacial score (nSPS) is 21.1. The number of halogens is 2. The van der Waals surface area contributed by atoms with Gasteiger partial charge in [-0.05, 0) is 12.8 Å². The first-order valence-electron chi connectivity index (χ1n) is 6.76. The van der Waals surface area contributed by atoms with Crippen molar-refractivity contribution in [1.82, 2.24) is 5.32 Å². The van der Waals surface area contributed by atoms with E-state index in [1.807, 2.05) is 0 Å². The minimum absolute atomic E-state index is 0.00171. The highest BCUT2D eigenvalue weighted by Crippen LogP contribution is 2.26. The van der Waals surface area contributed by atoms with Crippen LogP contribution in [0.4, 0.5) is 19.3 Å². The maximum Gasteiger partial charge on any atom is 0.319 e. The summed E-state index contributed by atoms with van der Waals surface area (Å²) in [6.07, 6.45) is 2.57. The number of methoxy groups -OCH3 is 1. The van der Waals surface area contributed by atoms with Crippen LogP contribution in [0.1, 0.15) is 19.3 Å². The van der Waals surface area contributed by atoms with Crippen LogP contribution in [-0.2, 0) is 0 Å². The Morgan fingerprint density at radius 2 is 2.05 bits per heavy atom. The first-order chi connectivity index (χ1) is 10.0. The fourth-order valence-corrected chi connectivity index (χ4v) is 2.61. The standard InChI is InChI=1S/C14H18F2N2O3/c1-21-13-10(15)5-9(6-11(13)16)17-14(20)18-12-4-2-3-8(12)7-19/h5-6,8,12,19H,2-4,7H2,1H3,(H2,17,18,20)/t8-,12+/m1/s1. The molecule has 5 nitrogen and oxygen atoms in total. The molecule has 0 bridgehead atoms. The number of hydrogen-bond donors (Lipinski definition) is 3. The van der Waals surface area contributed by atoms with Gasteiger partial charge in [-0.25, -0.2) is 13.6 Å². The summed E-state index contributed by atoms with van der Waals surface area (Å²) in [6.45, 7) is 0.0107. The number of carbonyl (C=O) groups is 1. The Balaban J connectivity index is 2.00. The van der Waals surface area contributed by atoms with Crippen LogP contribution >= 0.6 is 0 Å². The van der Waals surface area contributed by atoms with Crippen LogP contribution in [0.5, 0.6) is 5.75 Å². The molecule has 2 amide bonds. The molecule has 2 rings (SSSR count). The van der Waals surface area contributed by atoms with Crippen molar-refractivity contribution >= 4 is 11.7 Å². The molecule has 116 valence electrons. The predicted octanol–water partition coefficient (Wildman–Crippen LogP) is 2.26. The van der Waals surface area contributed by atoms with Crippen LogP contribution in [0.3, 0.4) is 0 Å². The van der Waals surface area contributed by atoms with Gasteiger partial charge in [-0.1, -0.05) is 6.42 Å². The second-order valence-electron chi connectivity index (χ2n) is 5.05. The topological polar surface area (TPSA) is 70.6 Å². The summed E-state index contributed by atoms with van der Waals surface area (Å²) in [4.78, 5) is 11.8. The first-order valence-corrected chi connectivity index (χ1v) is 6.76. The zero-order valence-corrected chi connectivity index (χ0v) is 11.7. The van der Waals surface area contributed by atoms with Gasteiger partial charge >= 0.3 is 6.03 Å². The van der Waals surface area contributed by atoms with E-state index in [0.717, 1.165) is 38.5 Å². The largest absolute Gasteiger partial charge is 0.491 e. The molecule has 1 aliphatic rings. The molecular formula is C14H18F2N2O3. The van der Waals surface area contributed by atoms with Gasteiger partial charge in [0.15, 0.2) is 17.4 Å². The van der Waals surface area contributed by atoms with Gasteiger partial charge in [0.25, 0.3) is 0 Å². The van der Waals surface area contributed by atoms with Crippen molar-refractivity contribution in [3.05, 3.63) is 23.8 Å². The van der Waals surface area contributed by atoms with Gasteiger partial charge in [0, 0.05) is 36.4 Å². The molecular weight excluding hydrogens is 282 g/mol. The van der Waals surface area contributed by atoms with Crippen LogP contribution in [0.25, 0.3) is 0 Å². The van der Waals surface area contributed by atoms with E-state index >= 15 is 0 Å². The van der Waals surface area contributed by atoms with Gasteiger partial charge in [0.05, 0.1) is 7.11 Å². The maximum atomic E-state index is 13.5. The van der Waals surface area contributed by atoms with Crippen LogP contribution in [0.15, 0.2) is 12.1 Å². The van der Waals surface area contributed by atoms with Crippen LogP contribution in [-0.4, -0.2) is 30.9 Å². The molecule has 7 heteroatoms. The molecule has 1 saturated carbocycles. The number of urea groups is 1. The Bertz CT molecular complexity index is 502. The Hall–Kier alpha value is -1.89. The lowest BCUT2D eigenvalue weighted by atomic mass is 10.1. The SMILES string of the molecule is COc1c(F)cc(NC(=O)N[C@H]2CCC[C@@H]2CO)cc1F. The van der Waals surface area contributed by atoms with Gasteiger partial charge in [0.2, 0.25) is 0 Å². The summed E-state index contributed by atoms with van der Waals surface area (Å²) in [7, 11) is 1.16. The van der Waals surface area contributed by atoms with Crippen molar-refractivity contribution in [3.8, 4) is 5.75 Å². The zero-order valence-electron chi connectivity index (χ0n) is 11.7. The Morgan fingerprint density at radius 3 is 2.62 bits per heavy atom. The highest BCUT2D eigenvalue weighted by Gasteiger charge is 2.27. The van der Waals surface area contributed by atoms with E-state index in [9.17, 15) is 18.7 Å². The molecule has 0 unspecified atom stereocenters. The number of anilines is 1. The third-order valence-corrected chi connectivity index (χ3v) is 3.67. The summed E-state index contributed by atoms with van der Waals surface area (Å²) >= 11 is 0. The van der Waals surface area contributed by atoms with Gasteiger partial charge in [-0.2, -0.15) is 0 Å². The summed E-state index contributed by atoms with van der Waals surface area (Å²) < 4.78 is 31.6. The average Bonchev–Trinajstić information content (AvgIpc) is 2.85. The monoisotopic (exact) mass is 300 g/mol.